The Morgan fingerprint density at radius 1 is 1.12 bits per heavy atom. The predicted molar refractivity (Wildman–Crippen MR) is 100 cm³/mol. The van der Waals surface area contributed by atoms with Crippen LogP contribution in [-0.2, 0) is 11.2 Å². The first-order valence-electron chi connectivity index (χ1n) is 8.50. The van der Waals surface area contributed by atoms with Gasteiger partial charge < -0.3 is 10.6 Å². The minimum atomic E-state index is -0.00637. The van der Waals surface area contributed by atoms with Gasteiger partial charge in [-0.3, -0.25) is 4.79 Å². The van der Waals surface area contributed by atoms with E-state index < -0.39 is 0 Å². The van der Waals surface area contributed by atoms with E-state index in [-0.39, 0.29) is 11.9 Å². The highest BCUT2D eigenvalue weighted by Gasteiger charge is 2.04. The van der Waals surface area contributed by atoms with Crippen LogP contribution in [-0.4, -0.2) is 28.5 Å². The molecule has 1 aromatic carbocycles. The van der Waals surface area contributed by atoms with Crippen molar-refractivity contribution in [3.8, 4) is 11.8 Å². The molecule has 0 saturated carbocycles. The lowest BCUT2D eigenvalue weighted by molar-refractivity contribution is -0.119. The summed E-state index contributed by atoms with van der Waals surface area (Å²) in [5.74, 6) is 6.81. The largest absolute Gasteiger partial charge is 0.354 e. The molecule has 2 aromatic rings. The van der Waals surface area contributed by atoms with E-state index >= 15 is 0 Å². The third-order valence-corrected chi connectivity index (χ3v) is 3.48. The van der Waals surface area contributed by atoms with E-state index in [9.17, 15) is 4.79 Å². The lowest BCUT2D eigenvalue weighted by Crippen LogP contribution is -2.31. The first kappa shape index (κ1) is 18.5. The van der Waals surface area contributed by atoms with Gasteiger partial charge in [-0.1, -0.05) is 30.9 Å². The molecule has 130 valence electrons. The van der Waals surface area contributed by atoms with Crippen molar-refractivity contribution >= 4 is 11.9 Å². The monoisotopic (exact) mass is 336 g/mol. The van der Waals surface area contributed by atoms with Gasteiger partial charge in [-0.2, -0.15) is 0 Å². The van der Waals surface area contributed by atoms with Gasteiger partial charge in [0.1, 0.15) is 0 Å². The summed E-state index contributed by atoms with van der Waals surface area (Å²) in [5, 5.41) is 6.02. The number of benzene rings is 1. The average molecular weight is 336 g/mol. The molecule has 1 atom stereocenters. The quantitative estimate of drug-likeness (QED) is 0.796. The molecule has 0 spiro atoms. The molecule has 1 unspecified atom stereocenters. The maximum absolute atomic E-state index is 11.0. The van der Waals surface area contributed by atoms with Gasteiger partial charge in [0.2, 0.25) is 11.9 Å². The molecule has 0 saturated heterocycles. The summed E-state index contributed by atoms with van der Waals surface area (Å²) in [6, 6.07) is 8.17. The van der Waals surface area contributed by atoms with Crippen LogP contribution in [0.5, 0.6) is 0 Å². The van der Waals surface area contributed by atoms with E-state index in [4.69, 9.17) is 0 Å². The first-order chi connectivity index (χ1) is 12.1. The highest BCUT2D eigenvalue weighted by Crippen LogP contribution is 2.07. The molecule has 1 amide bonds. The van der Waals surface area contributed by atoms with Crippen molar-refractivity contribution in [3.63, 3.8) is 0 Å². The van der Waals surface area contributed by atoms with Crippen molar-refractivity contribution in [2.24, 2.45) is 0 Å². The molecule has 1 aromatic heterocycles. The normalized spacial score (nSPS) is 11.2. The number of hydrogen-bond acceptors (Lipinski definition) is 4. The molecular weight excluding hydrogens is 312 g/mol. The number of carbonyl (C=O) groups excluding carboxylic acids is 1. The summed E-state index contributed by atoms with van der Waals surface area (Å²) < 4.78 is 0. The van der Waals surface area contributed by atoms with Gasteiger partial charge in [-0.25, -0.2) is 9.97 Å². The Morgan fingerprint density at radius 3 is 2.36 bits per heavy atom. The van der Waals surface area contributed by atoms with Crippen molar-refractivity contribution in [1.82, 2.24) is 15.3 Å². The Balaban J connectivity index is 1.95. The number of carbonyl (C=O) groups is 1. The first-order valence-corrected chi connectivity index (χ1v) is 8.50. The molecule has 1 heterocycles. The Bertz CT molecular complexity index is 742. The van der Waals surface area contributed by atoms with Gasteiger partial charge in [0.15, 0.2) is 0 Å². The zero-order valence-electron chi connectivity index (χ0n) is 15.0. The Morgan fingerprint density at radius 2 is 1.76 bits per heavy atom. The number of amides is 1. The van der Waals surface area contributed by atoms with Crippen molar-refractivity contribution < 1.29 is 4.79 Å². The van der Waals surface area contributed by atoms with Crippen molar-refractivity contribution in [2.45, 2.75) is 39.7 Å². The van der Waals surface area contributed by atoms with E-state index in [2.05, 4.69) is 39.4 Å². The van der Waals surface area contributed by atoms with E-state index in [1.807, 2.05) is 31.2 Å². The fourth-order valence-corrected chi connectivity index (χ4v) is 2.34. The van der Waals surface area contributed by atoms with E-state index in [0.717, 1.165) is 30.5 Å². The predicted octanol–water partition coefficient (Wildman–Crippen LogP) is 2.77. The summed E-state index contributed by atoms with van der Waals surface area (Å²) >= 11 is 0. The fourth-order valence-electron chi connectivity index (χ4n) is 2.34. The second kappa shape index (κ2) is 9.43. The van der Waals surface area contributed by atoms with Gasteiger partial charge in [0, 0.05) is 37.5 Å². The molecular formula is C20H24N4O. The zero-order chi connectivity index (χ0) is 18.1. The Hall–Kier alpha value is -2.87. The minimum Gasteiger partial charge on any atom is -0.354 e. The van der Waals surface area contributed by atoms with Gasteiger partial charge in [0.25, 0.3) is 0 Å². The molecule has 0 fully saturated rings. The number of nitrogens with one attached hydrogen (secondary N) is 2. The van der Waals surface area contributed by atoms with E-state index in [1.54, 1.807) is 12.4 Å². The number of aromatic nitrogens is 2. The van der Waals surface area contributed by atoms with Crippen molar-refractivity contribution in [1.29, 1.82) is 0 Å². The molecule has 0 aliphatic carbocycles. The fraction of sp³-hybridized carbons (Fsp3) is 0.350. The Kier molecular flexibility index (Phi) is 6.97. The second-order valence-corrected chi connectivity index (χ2v) is 5.97. The Labute approximate surface area is 149 Å². The number of hydrogen-bond donors (Lipinski definition) is 2. The average Bonchev–Trinajstić information content (AvgIpc) is 2.59. The van der Waals surface area contributed by atoms with E-state index in [1.165, 1.54) is 12.5 Å². The smallest absolute Gasteiger partial charge is 0.222 e. The summed E-state index contributed by atoms with van der Waals surface area (Å²) in [6.07, 6.45) is 5.28. The van der Waals surface area contributed by atoms with Crippen LogP contribution >= 0.6 is 0 Å². The van der Waals surface area contributed by atoms with Crippen LogP contribution in [0.4, 0.5) is 5.95 Å². The SMILES string of the molecule is CCCNc1ncc(C#Cc2ccc(CC(C)NC(C)=O)cc2)cn1. The topological polar surface area (TPSA) is 66.9 Å². The van der Waals surface area contributed by atoms with Crippen LogP contribution < -0.4 is 10.6 Å². The lowest BCUT2D eigenvalue weighted by Gasteiger charge is -2.12. The summed E-state index contributed by atoms with van der Waals surface area (Å²) in [7, 11) is 0. The lowest BCUT2D eigenvalue weighted by atomic mass is 10.1. The van der Waals surface area contributed by atoms with Crippen LogP contribution in [0.15, 0.2) is 36.7 Å². The van der Waals surface area contributed by atoms with Crippen LogP contribution in [0.25, 0.3) is 0 Å². The van der Waals surface area contributed by atoms with Crippen molar-refractivity contribution in [3.05, 3.63) is 53.3 Å². The minimum absolute atomic E-state index is 0.00637. The van der Waals surface area contributed by atoms with Crippen LogP contribution in [0, 0.1) is 11.8 Å². The van der Waals surface area contributed by atoms with Crippen LogP contribution in [0.3, 0.4) is 0 Å². The number of nitrogens with zero attached hydrogens (tertiary/aromatic N) is 2. The van der Waals surface area contributed by atoms with Gasteiger partial charge in [-0.15, -0.1) is 0 Å². The van der Waals surface area contributed by atoms with Crippen LogP contribution in [0.2, 0.25) is 0 Å². The molecule has 5 heteroatoms. The summed E-state index contributed by atoms with van der Waals surface area (Å²) in [5.41, 5.74) is 2.89. The van der Waals surface area contributed by atoms with Crippen LogP contribution in [0.1, 0.15) is 43.9 Å². The number of anilines is 1. The molecule has 0 aliphatic rings. The second-order valence-electron chi connectivity index (χ2n) is 5.97. The summed E-state index contributed by atoms with van der Waals surface area (Å²) in [6.45, 7) is 6.48. The maximum atomic E-state index is 11.0. The van der Waals surface area contributed by atoms with E-state index in [0.29, 0.717) is 5.95 Å². The molecule has 2 N–H and O–H groups in total. The third kappa shape index (κ3) is 6.64. The standard InChI is InChI=1S/C20H24N4O/c1-4-11-21-20-22-13-19(14-23-20)10-7-17-5-8-18(9-6-17)12-15(2)24-16(3)25/h5-6,8-9,13-15H,4,11-12H2,1-3H3,(H,24,25)(H,21,22,23). The third-order valence-electron chi connectivity index (χ3n) is 3.48. The maximum Gasteiger partial charge on any atom is 0.222 e. The van der Waals surface area contributed by atoms with Crippen molar-refractivity contribution in [2.75, 3.05) is 11.9 Å². The van der Waals surface area contributed by atoms with Gasteiger partial charge >= 0.3 is 0 Å². The molecule has 0 aliphatic heterocycles. The summed E-state index contributed by atoms with van der Waals surface area (Å²) in [4.78, 5) is 19.5. The number of rotatable bonds is 6. The molecule has 2 rings (SSSR count). The van der Waals surface area contributed by atoms with Gasteiger partial charge in [-0.05, 0) is 37.5 Å². The highest BCUT2D eigenvalue weighted by molar-refractivity contribution is 5.73. The molecule has 0 radical (unpaired) electrons. The van der Waals surface area contributed by atoms with Gasteiger partial charge in [0.05, 0.1) is 5.56 Å². The highest BCUT2D eigenvalue weighted by atomic mass is 16.1. The molecule has 25 heavy (non-hydrogen) atoms. The molecule has 5 nitrogen and oxygen atoms in total. The zero-order valence-corrected chi connectivity index (χ0v) is 15.0. The molecule has 0 bridgehead atoms.